The lowest BCUT2D eigenvalue weighted by Crippen LogP contribution is -2.22. The van der Waals surface area contributed by atoms with Gasteiger partial charge in [-0.1, -0.05) is 30.3 Å². The molecule has 1 aliphatic rings. The Morgan fingerprint density at radius 1 is 0.970 bits per heavy atom. The maximum Gasteiger partial charge on any atom is 0.338 e. The predicted molar refractivity (Wildman–Crippen MR) is 117 cm³/mol. The lowest BCUT2D eigenvalue weighted by molar-refractivity contribution is -0.136. The van der Waals surface area contributed by atoms with Crippen LogP contribution >= 0.6 is 0 Å². The number of benzene rings is 2. The van der Waals surface area contributed by atoms with E-state index in [1.807, 2.05) is 22.8 Å². The SMILES string of the molecule is O=C(OCC(O)CO)c1ccc(OC(=O)C2CCn3c(C(=O)c4ccccc4)ccc32)cc1. The smallest absolute Gasteiger partial charge is 0.338 e. The van der Waals surface area contributed by atoms with Crippen molar-refractivity contribution >= 4 is 17.7 Å². The van der Waals surface area contributed by atoms with Crippen LogP contribution in [0, 0.1) is 0 Å². The molecular weight excluding hydrogens is 426 g/mol. The summed E-state index contributed by atoms with van der Waals surface area (Å²) in [6.45, 7) is -0.280. The first kappa shape index (κ1) is 22.4. The topological polar surface area (TPSA) is 115 Å². The fraction of sp³-hybridized carbons (Fsp3) is 0.240. The van der Waals surface area contributed by atoms with E-state index < -0.39 is 30.6 Å². The van der Waals surface area contributed by atoms with Crippen LogP contribution < -0.4 is 4.74 Å². The zero-order valence-corrected chi connectivity index (χ0v) is 17.7. The van der Waals surface area contributed by atoms with Crippen LogP contribution in [0.2, 0.25) is 0 Å². The van der Waals surface area contributed by atoms with Crippen molar-refractivity contribution in [1.82, 2.24) is 4.57 Å². The summed E-state index contributed by atoms with van der Waals surface area (Å²) in [5, 5.41) is 18.0. The van der Waals surface area contributed by atoms with Gasteiger partial charge in [0.25, 0.3) is 0 Å². The summed E-state index contributed by atoms with van der Waals surface area (Å²) in [6.07, 6.45) is -0.607. The molecule has 2 unspecified atom stereocenters. The number of aliphatic hydroxyl groups is 2. The van der Waals surface area contributed by atoms with E-state index in [0.717, 1.165) is 5.69 Å². The van der Waals surface area contributed by atoms with Crippen LogP contribution in [0.15, 0.2) is 66.7 Å². The number of carbonyl (C=O) groups is 3. The predicted octanol–water partition coefficient (Wildman–Crippen LogP) is 2.32. The van der Waals surface area contributed by atoms with E-state index in [1.54, 1.807) is 24.3 Å². The Bertz CT molecular complexity index is 1150. The van der Waals surface area contributed by atoms with Crippen LogP contribution in [0.1, 0.15) is 44.4 Å². The standard InChI is InChI=1S/C25H23NO7/c27-14-18(28)15-32-24(30)17-6-8-19(9-7-17)33-25(31)20-12-13-26-21(20)10-11-22(26)23(29)16-4-2-1-3-5-16/h1-11,18,20,27-28H,12-15H2. The van der Waals surface area contributed by atoms with Crippen molar-refractivity contribution in [3.8, 4) is 5.75 Å². The number of nitrogens with zero attached hydrogens (tertiary/aromatic N) is 1. The maximum absolute atomic E-state index is 12.8. The van der Waals surface area contributed by atoms with E-state index >= 15 is 0 Å². The molecule has 1 aromatic heterocycles. The molecule has 8 heteroatoms. The molecule has 4 rings (SSSR count). The Morgan fingerprint density at radius 3 is 2.39 bits per heavy atom. The number of aromatic nitrogens is 1. The zero-order valence-electron chi connectivity index (χ0n) is 17.7. The number of hydrogen-bond acceptors (Lipinski definition) is 7. The molecule has 33 heavy (non-hydrogen) atoms. The van der Waals surface area contributed by atoms with Crippen molar-refractivity contribution in [3.63, 3.8) is 0 Å². The number of rotatable bonds is 8. The van der Waals surface area contributed by atoms with E-state index in [2.05, 4.69) is 0 Å². The second kappa shape index (κ2) is 9.81. The minimum absolute atomic E-state index is 0.0927. The van der Waals surface area contributed by atoms with Crippen molar-refractivity contribution in [2.24, 2.45) is 0 Å². The Labute approximate surface area is 190 Å². The van der Waals surface area contributed by atoms with E-state index in [4.69, 9.17) is 14.6 Å². The molecule has 2 aromatic carbocycles. The third kappa shape index (κ3) is 4.87. The molecule has 0 amide bonds. The highest BCUT2D eigenvalue weighted by Gasteiger charge is 2.33. The highest BCUT2D eigenvalue weighted by atomic mass is 16.5. The molecule has 0 saturated heterocycles. The Hall–Kier alpha value is -3.75. The molecule has 3 aromatic rings. The molecule has 0 fully saturated rings. The van der Waals surface area contributed by atoms with Gasteiger partial charge in [0.15, 0.2) is 0 Å². The largest absolute Gasteiger partial charge is 0.459 e. The number of ether oxygens (including phenoxy) is 2. The second-order valence-corrected chi connectivity index (χ2v) is 7.71. The maximum atomic E-state index is 12.8. The molecule has 0 saturated carbocycles. The third-order valence-corrected chi connectivity index (χ3v) is 5.49. The molecule has 8 nitrogen and oxygen atoms in total. The highest BCUT2D eigenvalue weighted by Crippen LogP contribution is 2.33. The van der Waals surface area contributed by atoms with Gasteiger partial charge in [-0.3, -0.25) is 9.59 Å². The molecule has 1 aliphatic heterocycles. The minimum atomic E-state index is -1.14. The molecule has 0 aliphatic carbocycles. The summed E-state index contributed by atoms with van der Waals surface area (Å²) < 4.78 is 12.2. The number of carbonyl (C=O) groups excluding carboxylic acids is 3. The molecule has 2 atom stereocenters. The average molecular weight is 449 g/mol. The van der Waals surface area contributed by atoms with Gasteiger partial charge in [-0.15, -0.1) is 0 Å². The van der Waals surface area contributed by atoms with Gasteiger partial charge in [0.2, 0.25) is 5.78 Å². The van der Waals surface area contributed by atoms with Gasteiger partial charge >= 0.3 is 11.9 Å². The monoisotopic (exact) mass is 449 g/mol. The zero-order chi connectivity index (χ0) is 23.4. The number of ketones is 1. The van der Waals surface area contributed by atoms with E-state index in [0.29, 0.717) is 24.2 Å². The summed E-state index contributed by atoms with van der Waals surface area (Å²) in [5.74, 6) is -1.41. The average Bonchev–Trinajstić information content (AvgIpc) is 3.45. The molecule has 0 bridgehead atoms. The van der Waals surface area contributed by atoms with Gasteiger partial charge < -0.3 is 24.3 Å². The molecular formula is C25H23NO7. The van der Waals surface area contributed by atoms with Gasteiger partial charge in [0.05, 0.1) is 23.8 Å². The van der Waals surface area contributed by atoms with Gasteiger partial charge in [-0.05, 0) is 42.8 Å². The number of aliphatic hydroxyl groups excluding tert-OH is 2. The summed E-state index contributed by atoms with van der Waals surface area (Å²) in [4.78, 5) is 37.6. The molecule has 2 heterocycles. The van der Waals surface area contributed by atoms with Crippen LogP contribution in [0.3, 0.4) is 0 Å². The first-order valence-electron chi connectivity index (χ1n) is 10.5. The fourth-order valence-electron chi connectivity index (χ4n) is 3.77. The van der Waals surface area contributed by atoms with E-state index in [9.17, 15) is 19.5 Å². The van der Waals surface area contributed by atoms with Crippen LogP contribution in [-0.2, 0) is 16.1 Å². The summed E-state index contributed by atoms with van der Waals surface area (Å²) in [7, 11) is 0. The lowest BCUT2D eigenvalue weighted by atomic mass is 10.1. The lowest BCUT2D eigenvalue weighted by Gasteiger charge is -2.11. The summed E-state index contributed by atoms with van der Waals surface area (Å²) in [5.41, 5.74) is 2.09. The first-order chi connectivity index (χ1) is 16.0. The van der Waals surface area contributed by atoms with Gasteiger partial charge in [-0.25, -0.2) is 4.79 Å². The third-order valence-electron chi connectivity index (χ3n) is 5.49. The molecule has 0 spiro atoms. The van der Waals surface area contributed by atoms with Crippen LogP contribution in [0.5, 0.6) is 5.75 Å². The van der Waals surface area contributed by atoms with Crippen molar-refractivity contribution in [2.45, 2.75) is 25.0 Å². The Balaban J connectivity index is 1.40. The fourth-order valence-corrected chi connectivity index (χ4v) is 3.77. The molecule has 170 valence electrons. The van der Waals surface area contributed by atoms with Gasteiger partial charge in [0.1, 0.15) is 18.5 Å². The van der Waals surface area contributed by atoms with Crippen molar-refractivity contribution < 1.29 is 34.1 Å². The van der Waals surface area contributed by atoms with Gasteiger partial charge in [0, 0.05) is 17.8 Å². The van der Waals surface area contributed by atoms with E-state index in [-0.39, 0.29) is 23.7 Å². The van der Waals surface area contributed by atoms with Crippen LogP contribution in [0.25, 0.3) is 0 Å². The molecule has 2 N–H and O–H groups in total. The van der Waals surface area contributed by atoms with Crippen molar-refractivity contribution in [2.75, 3.05) is 13.2 Å². The Morgan fingerprint density at radius 2 is 1.70 bits per heavy atom. The normalized spacial score (nSPS) is 15.5. The summed E-state index contributed by atoms with van der Waals surface area (Å²) in [6, 6.07) is 18.4. The van der Waals surface area contributed by atoms with Crippen LogP contribution in [0.4, 0.5) is 0 Å². The first-order valence-corrected chi connectivity index (χ1v) is 10.5. The minimum Gasteiger partial charge on any atom is -0.459 e. The van der Waals surface area contributed by atoms with Gasteiger partial charge in [-0.2, -0.15) is 0 Å². The van der Waals surface area contributed by atoms with Crippen molar-refractivity contribution in [3.05, 3.63) is 89.2 Å². The quantitative estimate of drug-likeness (QED) is 0.308. The van der Waals surface area contributed by atoms with Crippen LogP contribution in [-0.4, -0.2) is 51.8 Å². The molecule has 0 radical (unpaired) electrons. The second-order valence-electron chi connectivity index (χ2n) is 7.71. The van der Waals surface area contributed by atoms with Crippen molar-refractivity contribution in [1.29, 1.82) is 0 Å². The number of esters is 2. The van der Waals surface area contributed by atoms with E-state index in [1.165, 1.54) is 24.3 Å². The summed E-state index contributed by atoms with van der Waals surface area (Å²) >= 11 is 0. The highest BCUT2D eigenvalue weighted by molar-refractivity contribution is 6.08. The number of fused-ring (bicyclic) bond motifs is 1. The number of hydrogen-bond donors (Lipinski definition) is 2. The Kier molecular flexibility index (Phi) is 6.67.